The third-order valence-electron chi connectivity index (χ3n) is 6.51. The van der Waals surface area contributed by atoms with Gasteiger partial charge in [-0.3, -0.25) is 9.36 Å². The predicted molar refractivity (Wildman–Crippen MR) is 132 cm³/mol. The molecule has 1 aromatic heterocycles. The summed E-state index contributed by atoms with van der Waals surface area (Å²) in [6.07, 6.45) is 5.38. The Morgan fingerprint density at radius 2 is 2.00 bits per heavy atom. The number of aryl methyl sites for hydroxylation is 1. The molecule has 5 rings (SSSR count). The monoisotopic (exact) mass is 478 g/mol. The fourth-order valence-corrected chi connectivity index (χ4v) is 5.53. The van der Waals surface area contributed by atoms with Gasteiger partial charge >= 0.3 is 0 Å². The van der Waals surface area contributed by atoms with Crippen LogP contribution in [0.4, 0.5) is 0 Å². The number of nitrogens with one attached hydrogen (secondary N) is 1. The predicted octanol–water partition coefficient (Wildman–Crippen LogP) is 4.42. The van der Waals surface area contributed by atoms with Crippen LogP contribution in [0.3, 0.4) is 0 Å². The van der Waals surface area contributed by atoms with E-state index in [4.69, 9.17) is 9.47 Å². The second kappa shape index (κ2) is 10.6. The van der Waals surface area contributed by atoms with E-state index >= 15 is 0 Å². The van der Waals surface area contributed by atoms with E-state index in [1.807, 2.05) is 30.3 Å². The summed E-state index contributed by atoms with van der Waals surface area (Å²) < 4.78 is 13.3. The number of nitrogens with zero attached hydrogens (tertiary/aromatic N) is 3. The van der Waals surface area contributed by atoms with E-state index in [9.17, 15) is 4.79 Å². The summed E-state index contributed by atoms with van der Waals surface area (Å²) in [5, 5.41) is 12.9. The Morgan fingerprint density at radius 1 is 1.15 bits per heavy atom. The van der Waals surface area contributed by atoms with Crippen molar-refractivity contribution in [3.8, 4) is 17.1 Å². The SMILES string of the molecule is COc1ccc(-c2nnc(SCC(=O)N[C@H]3CCCc4ccccc43)n2C[C@H]2CCCO2)cc1. The molecule has 34 heavy (non-hydrogen) atoms. The van der Waals surface area contributed by atoms with Gasteiger partial charge in [0.25, 0.3) is 0 Å². The van der Waals surface area contributed by atoms with E-state index in [0.29, 0.717) is 12.3 Å². The molecule has 0 unspecified atom stereocenters. The summed E-state index contributed by atoms with van der Waals surface area (Å²) in [6.45, 7) is 1.47. The Labute approximate surface area is 204 Å². The molecule has 0 radical (unpaired) electrons. The topological polar surface area (TPSA) is 78.3 Å². The fourth-order valence-electron chi connectivity index (χ4n) is 4.78. The Kier molecular flexibility index (Phi) is 7.16. The van der Waals surface area contributed by atoms with Crippen molar-refractivity contribution < 1.29 is 14.3 Å². The Bertz CT molecular complexity index is 1130. The molecule has 0 bridgehead atoms. The second-order valence-corrected chi connectivity index (χ2v) is 9.72. The molecule has 8 heteroatoms. The molecule has 2 aliphatic rings. The maximum Gasteiger partial charge on any atom is 0.230 e. The van der Waals surface area contributed by atoms with Gasteiger partial charge in [-0.2, -0.15) is 0 Å². The largest absolute Gasteiger partial charge is 0.497 e. The molecular weight excluding hydrogens is 448 g/mol. The van der Waals surface area contributed by atoms with Crippen LogP contribution in [0.15, 0.2) is 53.7 Å². The zero-order chi connectivity index (χ0) is 23.3. The maximum absolute atomic E-state index is 12.9. The first kappa shape index (κ1) is 22.9. The van der Waals surface area contributed by atoms with Crippen LogP contribution in [0.1, 0.15) is 42.9 Å². The highest BCUT2D eigenvalue weighted by atomic mass is 32.2. The van der Waals surface area contributed by atoms with Gasteiger partial charge in [0.05, 0.1) is 31.6 Å². The lowest BCUT2D eigenvalue weighted by Crippen LogP contribution is -2.32. The minimum Gasteiger partial charge on any atom is -0.497 e. The first-order chi connectivity index (χ1) is 16.7. The smallest absolute Gasteiger partial charge is 0.230 e. The zero-order valence-electron chi connectivity index (χ0n) is 19.4. The molecule has 1 amide bonds. The van der Waals surface area contributed by atoms with Gasteiger partial charge < -0.3 is 14.8 Å². The van der Waals surface area contributed by atoms with Crippen LogP contribution >= 0.6 is 11.8 Å². The van der Waals surface area contributed by atoms with Crippen molar-refractivity contribution >= 4 is 17.7 Å². The minimum absolute atomic E-state index is 0.0179. The lowest BCUT2D eigenvalue weighted by molar-refractivity contribution is -0.119. The van der Waals surface area contributed by atoms with Crippen LogP contribution in [0, 0.1) is 0 Å². The van der Waals surface area contributed by atoms with Crippen LogP contribution in [0.25, 0.3) is 11.4 Å². The summed E-state index contributed by atoms with van der Waals surface area (Å²) >= 11 is 1.43. The number of amides is 1. The van der Waals surface area contributed by atoms with Gasteiger partial charge in [0.2, 0.25) is 5.91 Å². The quantitative estimate of drug-likeness (QED) is 0.483. The first-order valence-electron chi connectivity index (χ1n) is 11.9. The molecule has 1 aliphatic carbocycles. The number of carbonyl (C=O) groups excluding carboxylic acids is 1. The van der Waals surface area contributed by atoms with Gasteiger partial charge in [0.1, 0.15) is 5.75 Å². The van der Waals surface area contributed by atoms with E-state index in [2.05, 4.69) is 38.3 Å². The van der Waals surface area contributed by atoms with Crippen LogP contribution in [0.2, 0.25) is 0 Å². The second-order valence-electron chi connectivity index (χ2n) is 8.78. The number of hydrogen-bond donors (Lipinski definition) is 1. The van der Waals surface area contributed by atoms with Crippen molar-refractivity contribution in [2.45, 2.75) is 56.0 Å². The van der Waals surface area contributed by atoms with E-state index in [1.54, 1.807) is 7.11 Å². The molecule has 2 aromatic carbocycles. The lowest BCUT2D eigenvalue weighted by Gasteiger charge is -2.26. The van der Waals surface area contributed by atoms with Gasteiger partial charge in [0, 0.05) is 12.2 Å². The molecule has 2 atom stereocenters. The van der Waals surface area contributed by atoms with Crippen molar-refractivity contribution in [1.29, 1.82) is 0 Å². The number of rotatable bonds is 8. The van der Waals surface area contributed by atoms with Crippen molar-refractivity contribution in [2.24, 2.45) is 0 Å². The highest BCUT2D eigenvalue weighted by Crippen LogP contribution is 2.30. The third-order valence-corrected chi connectivity index (χ3v) is 7.48. The third kappa shape index (κ3) is 5.13. The molecule has 7 nitrogen and oxygen atoms in total. The van der Waals surface area contributed by atoms with Crippen molar-refractivity contribution in [3.05, 3.63) is 59.7 Å². The van der Waals surface area contributed by atoms with Crippen LogP contribution < -0.4 is 10.1 Å². The number of carbonyl (C=O) groups is 1. The first-order valence-corrected chi connectivity index (χ1v) is 12.9. The molecule has 2 heterocycles. The highest BCUT2D eigenvalue weighted by molar-refractivity contribution is 7.99. The van der Waals surface area contributed by atoms with Gasteiger partial charge in [-0.15, -0.1) is 10.2 Å². The number of benzene rings is 2. The average molecular weight is 479 g/mol. The van der Waals surface area contributed by atoms with Crippen LogP contribution in [0.5, 0.6) is 5.75 Å². The number of ether oxygens (including phenoxy) is 2. The molecule has 1 saturated heterocycles. The summed E-state index contributed by atoms with van der Waals surface area (Å²) in [4.78, 5) is 12.9. The number of aromatic nitrogens is 3. The fraction of sp³-hybridized carbons (Fsp3) is 0.423. The Morgan fingerprint density at radius 3 is 2.79 bits per heavy atom. The van der Waals surface area contributed by atoms with Gasteiger partial charge in [-0.1, -0.05) is 36.0 Å². The standard InChI is InChI=1S/C26H30N4O3S/c1-32-20-13-11-19(12-14-20)25-28-29-26(30(25)16-21-8-5-15-33-21)34-17-24(31)27-23-10-4-7-18-6-2-3-9-22(18)23/h2-3,6,9,11-14,21,23H,4-5,7-8,10,15-17H2,1H3,(H,27,31)/t21-,23+/m1/s1. The molecule has 0 spiro atoms. The molecular formula is C26H30N4O3S. The van der Waals surface area contributed by atoms with Crippen molar-refractivity contribution in [1.82, 2.24) is 20.1 Å². The van der Waals surface area contributed by atoms with E-state index in [-0.39, 0.29) is 18.1 Å². The number of fused-ring (bicyclic) bond motifs is 1. The summed E-state index contributed by atoms with van der Waals surface area (Å²) in [6, 6.07) is 16.3. The molecule has 0 saturated carbocycles. The van der Waals surface area contributed by atoms with Gasteiger partial charge in [0.15, 0.2) is 11.0 Å². The highest BCUT2D eigenvalue weighted by Gasteiger charge is 2.24. The van der Waals surface area contributed by atoms with Crippen molar-refractivity contribution in [3.63, 3.8) is 0 Å². The number of thioether (sulfide) groups is 1. The summed E-state index contributed by atoms with van der Waals surface area (Å²) in [7, 11) is 1.65. The summed E-state index contributed by atoms with van der Waals surface area (Å²) in [5.41, 5.74) is 3.55. The van der Waals surface area contributed by atoms with E-state index in [0.717, 1.165) is 61.0 Å². The molecule has 1 N–H and O–H groups in total. The lowest BCUT2D eigenvalue weighted by atomic mass is 9.88. The normalized spacial score (nSPS) is 19.6. The molecule has 1 aliphatic heterocycles. The maximum atomic E-state index is 12.9. The van der Waals surface area contributed by atoms with Crippen LogP contribution in [-0.2, 0) is 22.5 Å². The van der Waals surface area contributed by atoms with Gasteiger partial charge in [-0.25, -0.2) is 0 Å². The van der Waals surface area contributed by atoms with Crippen molar-refractivity contribution in [2.75, 3.05) is 19.5 Å². The van der Waals surface area contributed by atoms with E-state index in [1.165, 1.54) is 22.9 Å². The molecule has 1 fully saturated rings. The zero-order valence-corrected chi connectivity index (χ0v) is 20.2. The summed E-state index contributed by atoms with van der Waals surface area (Å²) in [5.74, 6) is 1.89. The average Bonchev–Trinajstić information content (AvgIpc) is 3.53. The van der Waals surface area contributed by atoms with E-state index < -0.39 is 0 Å². The Hall–Kier alpha value is -2.84. The minimum atomic E-state index is 0.0179. The molecule has 3 aromatic rings. The number of hydrogen-bond acceptors (Lipinski definition) is 6. The molecule has 178 valence electrons. The van der Waals surface area contributed by atoms with Crippen LogP contribution in [-0.4, -0.2) is 46.2 Å². The number of methoxy groups -OCH3 is 1. The Balaban J connectivity index is 1.30. The van der Waals surface area contributed by atoms with Gasteiger partial charge in [-0.05, 0) is 67.5 Å².